The van der Waals surface area contributed by atoms with Crippen molar-refractivity contribution in [2.75, 3.05) is 22.9 Å². The molecule has 0 bridgehead atoms. The fraction of sp³-hybridized carbons (Fsp3) is 0.364. The summed E-state index contributed by atoms with van der Waals surface area (Å²) in [5.41, 5.74) is 5.50. The smallest absolute Gasteiger partial charge is 0.232 e. The Kier molecular flexibility index (Phi) is 4.27. The van der Waals surface area contributed by atoms with E-state index in [1.54, 1.807) is 4.90 Å². The maximum Gasteiger partial charge on any atom is 0.232 e. The average Bonchev–Trinajstić information content (AvgIpc) is 3.04. The van der Waals surface area contributed by atoms with Crippen LogP contribution in [0.4, 0.5) is 11.4 Å². The van der Waals surface area contributed by atoms with Crippen LogP contribution in [0, 0.1) is 19.8 Å². The third-order valence-electron chi connectivity index (χ3n) is 5.65. The summed E-state index contributed by atoms with van der Waals surface area (Å²) in [7, 11) is 0. The maximum atomic E-state index is 13.2. The van der Waals surface area contributed by atoms with Crippen LogP contribution in [0.25, 0.3) is 0 Å². The number of anilines is 2. The molecule has 4 rings (SSSR count). The van der Waals surface area contributed by atoms with E-state index in [2.05, 4.69) is 13.0 Å². The first-order valence-corrected chi connectivity index (χ1v) is 9.31. The van der Waals surface area contributed by atoms with Crippen molar-refractivity contribution in [2.24, 2.45) is 5.92 Å². The van der Waals surface area contributed by atoms with Gasteiger partial charge in [0.25, 0.3) is 0 Å². The SMILES string of the molecule is Cc1ccc(N2CC(C(=O)N3CCCc4ccccc43)CC2=O)cc1C. The van der Waals surface area contributed by atoms with Gasteiger partial charge in [0.05, 0.1) is 5.92 Å². The number of aryl methyl sites for hydroxylation is 3. The van der Waals surface area contributed by atoms with Crippen molar-refractivity contribution in [1.29, 1.82) is 0 Å². The van der Waals surface area contributed by atoms with Crippen molar-refractivity contribution in [3.05, 3.63) is 59.2 Å². The molecule has 0 N–H and O–H groups in total. The fourth-order valence-corrected chi connectivity index (χ4v) is 4.00. The number of fused-ring (bicyclic) bond motifs is 1. The number of rotatable bonds is 2. The van der Waals surface area contributed by atoms with Crippen LogP contribution in [0.2, 0.25) is 0 Å². The molecule has 26 heavy (non-hydrogen) atoms. The molecule has 2 aromatic rings. The van der Waals surface area contributed by atoms with E-state index in [-0.39, 0.29) is 17.7 Å². The molecule has 4 nitrogen and oxygen atoms in total. The van der Waals surface area contributed by atoms with Crippen molar-refractivity contribution in [3.8, 4) is 0 Å². The zero-order chi connectivity index (χ0) is 18.3. The van der Waals surface area contributed by atoms with E-state index in [9.17, 15) is 9.59 Å². The zero-order valence-corrected chi connectivity index (χ0v) is 15.4. The second kappa shape index (κ2) is 6.60. The Labute approximate surface area is 154 Å². The molecule has 1 unspecified atom stereocenters. The number of para-hydroxylation sites is 1. The number of amides is 2. The van der Waals surface area contributed by atoms with E-state index in [4.69, 9.17) is 0 Å². The van der Waals surface area contributed by atoms with Gasteiger partial charge in [-0.25, -0.2) is 0 Å². The van der Waals surface area contributed by atoms with Gasteiger partial charge in [-0.05, 0) is 61.6 Å². The molecule has 4 heteroatoms. The molecule has 1 fully saturated rings. The molecule has 1 saturated heterocycles. The van der Waals surface area contributed by atoms with Crippen molar-refractivity contribution < 1.29 is 9.59 Å². The molecule has 0 saturated carbocycles. The highest BCUT2D eigenvalue weighted by molar-refractivity contribution is 6.04. The van der Waals surface area contributed by atoms with E-state index in [1.165, 1.54) is 11.1 Å². The number of carbonyl (C=O) groups excluding carboxylic acids is 2. The lowest BCUT2D eigenvalue weighted by molar-refractivity contribution is -0.124. The van der Waals surface area contributed by atoms with Gasteiger partial charge in [-0.3, -0.25) is 9.59 Å². The predicted octanol–water partition coefficient (Wildman–Crippen LogP) is 3.64. The van der Waals surface area contributed by atoms with Crippen LogP contribution in [-0.2, 0) is 16.0 Å². The first-order valence-electron chi connectivity index (χ1n) is 9.31. The van der Waals surface area contributed by atoms with Crippen molar-refractivity contribution in [1.82, 2.24) is 0 Å². The highest BCUT2D eigenvalue weighted by Crippen LogP contribution is 2.32. The number of nitrogens with zero attached hydrogens (tertiary/aromatic N) is 2. The van der Waals surface area contributed by atoms with Gasteiger partial charge in [0.2, 0.25) is 11.8 Å². The molecule has 2 aliphatic rings. The predicted molar refractivity (Wildman–Crippen MR) is 103 cm³/mol. The minimum atomic E-state index is -0.268. The average molecular weight is 348 g/mol. The molecular formula is C22H24N2O2. The molecule has 2 aromatic carbocycles. The topological polar surface area (TPSA) is 40.6 Å². The first kappa shape index (κ1) is 16.8. The van der Waals surface area contributed by atoms with Gasteiger partial charge in [-0.1, -0.05) is 24.3 Å². The van der Waals surface area contributed by atoms with Crippen LogP contribution < -0.4 is 9.80 Å². The zero-order valence-electron chi connectivity index (χ0n) is 15.4. The fourth-order valence-electron chi connectivity index (χ4n) is 4.00. The Morgan fingerprint density at radius 2 is 1.88 bits per heavy atom. The Hall–Kier alpha value is -2.62. The van der Waals surface area contributed by atoms with Crippen molar-refractivity contribution in [2.45, 2.75) is 33.1 Å². The molecule has 2 amide bonds. The van der Waals surface area contributed by atoms with Crippen LogP contribution in [0.15, 0.2) is 42.5 Å². The van der Waals surface area contributed by atoms with E-state index in [1.807, 2.05) is 48.2 Å². The summed E-state index contributed by atoms with van der Waals surface area (Å²) in [6, 6.07) is 14.2. The van der Waals surface area contributed by atoms with Gasteiger partial charge in [0.15, 0.2) is 0 Å². The Bertz CT molecular complexity index is 874. The number of benzene rings is 2. The van der Waals surface area contributed by atoms with Gasteiger partial charge in [-0.2, -0.15) is 0 Å². The van der Waals surface area contributed by atoms with Gasteiger partial charge in [-0.15, -0.1) is 0 Å². The third kappa shape index (κ3) is 2.90. The standard InChI is InChI=1S/C22H24N2O2/c1-15-9-10-19(12-16(15)2)24-14-18(13-21(24)25)22(26)23-11-5-7-17-6-3-4-8-20(17)23/h3-4,6,8-10,12,18H,5,7,11,13-14H2,1-2H3. The van der Waals surface area contributed by atoms with E-state index < -0.39 is 0 Å². The summed E-state index contributed by atoms with van der Waals surface area (Å²) in [5, 5.41) is 0. The second-order valence-corrected chi connectivity index (χ2v) is 7.40. The van der Waals surface area contributed by atoms with Gasteiger partial charge in [0, 0.05) is 30.9 Å². The summed E-state index contributed by atoms with van der Waals surface area (Å²) >= 11 is 0. The number of hydrogen-bond donors (Lipinski definition) is 0. The van der Waals surface area contributed by atoms with Crippen molar-refractivity contribution >= 4 is 23.2 Å². The molecule has 0 aromatic heterocycles. The molecule has 0 aliphatic carbocycles. The normalized spacial score (nSPS) is 19.6. The highest BCUT2D eigenvalue weighted by atomic mass is 16.2. The minimum absolute atomic E-state index is 0.0388. The number of carbonyl (C=O) groups is 2. The minimum Gasteiger partial charge on any atom is -0.312 e. The molecule has 0 spiro atoms. The lowest BCUT2D eigenvalue weighted by Gasteiger charge is -2.31. The van der Waals surface area contributed by atoms with E-state index in [0.717, 1.165) is 36.3 Å². The lowest BCUT2D eigenvalue weighted by Crippen LogP contribution is -2.40. The summed E-state index contributed by atoms with van der Waals surface area (Å²) in [5.74, 6) is -0.149. The maximum absolute atomic E-state index is 13.2. The molecule has 134 valence electrons. The Balaban J connectivity index is 1.56. The van der Waals surface area contributed by atoms with Crippen LogP contribution in [0.1, 0.15) is 29.5 Å². The summed E-state index contributed by atoms with van der Waals surface area (Å²) in [6.45, 7) is 5.32. The Morgan fingerprint density at radius 3 is 2.69 bits per heavy atom. The van der Waals surface area contributed by atoms with Crippen LogP contribution >= 0.6 is 0 Å². The lowest BCUT2D eigenvalue weighted by atomic mass is 9.99. The second-order valence-electron chi connectivity index (χ2n) is 7.40. The molecule has 0 radical (unpaired) electrons. The summed E-state index contributed by atoms with van der Waals surface area (Å²) in [6.07, 6.45) is 2.28. The highest BCUT2D eigenvalue weighted by Gasteiger charge is 2.38. The molecule has 2 aliphatic heterocycles. The summed E-state index contributed by atoms with van der Waals surface area (Å²) in [4.78, 5) is 29.4. The van der Waals surface area contributed by atoms with E-state index in [0.29, 0.717) is 13.0 Å². The molecule has 1 atom stereocenters. The monoisotopic (exact) mass is 348 g/mol. The quantitative estimate of drug-likeness (QED) is 0.831. The van der Waals surface area contributed by atoms with Crippen molar-refractivity contribution in [3.63, 3.8) is 0 Å². The molecular weight excluding hydrogens is 324 g/mol. The van der Waals surface area contributed by atoms with Gasteiger partial charge >= 0.3 is 0 Å². The third-order valence-corrected chi connectivity index (χ3v) is 5.65. The molecule has 2 heterocycles. The first-order chi connectivity index (χ1) is 12.5. The van der Waals surface area contributed by atoms with Crippen LogP contribution in [0.3, 0.4) is 0 Å². The number of hydrogen-bond acceptors (Lipinski definition) is 2. The van der Waals surface area contributed by atoms with E-state index >= 15 is 0 Å². The van der Waals surface area contributed by atoms with Crippen LogP contribution in [-0.4, -0.2) is 24.9 Å². The largest absolute Gasteiger partial charge is 0.312 e. The van der Waals surface area contributed by atoms with Crippen LogP contribution in [0.5, 0.6) is 0 Å². The van der Waals surface area contributed by atoms with Gasteiger partial charge < -0.3 is 9.80 Å². The Morgan fingerprint density at radius 1 is 1.08 bits per heavy atom. The van der Waals surface area contributed by atoms with Gasteiger partial charge in [0.1, 0.15) is 0 Å². The summed E-state index contributed by atoms with van der Waals surface area (Å²) < 4.78 is 0.